The number of carbonyl (C=O) groups excluding carboxylic acids is 2. The van der Waals surface area contributed by atoms with E-state index < -0.39 is 16.9 Å². The van der Waals surface area contributed by atoms with E-state index in [1.165, 1.54) is 6.20 Å². The molecule has 1 unspecified atom stereocenters. The molecule has 0 saturated carbocycles. The lowest BCUT2D eigenvalue weighted by Gasteiger charge is -2.37. The molecule has 2 fully saturated rings. The van der Waals surface area contributed by atoms with Gasteiger partial charge in [0, 0.05) is 43.7 Å². The second-order valence-corrected chi connectivity index (χ2v) is 7.47. The number of rotatable bonds is 5. The average Bonchev–Trinajstić information content (AvgIpc) is 2.94. The lowest BCUT2D eigenvalue weighted by molar-refractivity contribution is -0.133. The first-order valence-electron chi connectivity index (χ1n) is 9.42. The van der Waals surface area contributed by atoms with Gasteiger partial charge in [-0.3, -0.25) is 14.6 Å². The van der Waals surface area contributed by atoms with E-state index in [9.17, 15) is 19.2 Å². The zero-order valence-corrected chi connectivity index (χ0v) is 15.7. The third-order valence-electron chi connectivity index (χ3n) is 5.50. The van der Waals surface area contributed by atoms with Crippen molar-refractivity contribution in [3.8, 4) is 0 Å². The number of amides is 2. The molecule has 1 spiro atoms. The maximum absolute atomic E-state index is 12.5. The fourth-order valence-electron chi connectivity index (χ4n) is 3.83. The summed E-state index contributed by atoms with van der Waals surface area (Å²) in [5, 5.41) is 0. The molecule has 27 heavy (non-hydrogen) atoms. The SMILES string of the molecule is CCCC(C)N1CC2(CCN(C(=O)Cc3c[nH]c(=O)[nH]c3=O)CC2)OC1=O. The Labute approximate surface area is 156 Å². The van der Waals surface area contributed by atoms with Crippen LogP contribution in [-0.2, 0) is 16.0 Å². The quantitative estimate of drug-likeness (QED) is 0.779. The highest BCUT2D eigenvalue weighted by Crippen LogP contribution is 2.34. The van der Waals surface area contributed by atoms with Gasteiger partial charge in [-0.1, -0.05) is 13.3 Å². The fraction of sp³-hybridized carbons (Fsp3) is 0.667. The summed E-state index contributed by atoms with van der Waals surface area (Å²) >= 11 is 0. The van der Waals surface area contributed by atoms with E-state index in [-0.39, 0.29) is 30.0 Å². The van der Waals surface area contributed by atoms with Crippen molar-refractivity contribution in [3.63, 3.8) is 0 Å². The van der Waals surface area contributed by atoms with Gasteiger partial charge in [-0.2, -0.15) is 0 Å². The molecule has 3 rings (SSSR count). The molecule has 2 N–H and O–H groups in total. The van der Waals surface area contributed by atoms with Crippen molar-refractivity contribution >= 4 is 12.0 Å². The maximum atomic E-state index is 12.5. The van der Waals surface area contributed by atoms with E-state index in [4.69, 9.17) is 4.74 Å². The largest absolute Gasteiger partial charge is 0.441 e. The van der Waals surface area contributed by atoms with Crippen LogP contribution in [0.5, 0.6) is 0 Å². The Hall–Kier alpha value is -2.58. The summed E-state index contributed by atoms with van der Waals surface area (Å²) in [5.74, 6) is -0.178. The van der Waals surface area contributed by atoms with Gasteiger partial charge in [-0.05, 0) is 13.3 Å². The predicted octanol–water partition coefficient (Wildman–Crippen LogP) is 0.608. The van der Waals surface area contributed by atoms with Gasteiger partial charge in [-0.25, -0.2) is 9.59 Å². The first kappa shape index (κ1) is 19.2. The second-order valence-electron chi connectivity index (χ2n) is 7.47. The van der Waals surface area contributed by atoms with Crippen LogP contribution < -0.4 is 11.2 Å². The molecule has 1 aromatic heterocycles. The van der Waals surface area contributed by atoms with Crippen LogP contribution in [0.4, 0.5) is 4.79 Å². The number of hydrogen-bond acceptors (Lipinski definition) is 5. The van der Waals surface area contributed by atoms with Crippen LogP contribution in [0.15, 0.2) is 15.8 Å². The Balaban J connectivity index is 1.58. The number of aromatic amines is 2. The Morgan fingerprint density at radius 1 is 1.30 bits per heavy atom. The number of nitrogens with one attached hydrogen (secondary N) is 2. The number of nitrogens with zero attached hydrogens (tertiary/aromatic N) is 2. The zero-order valence-electron chi connectivity index (χ0n) is 15.7. The highest BCUT2D eigenvalue weighted by molar-refractivity contribution is 5.79. The van der Waals surface area contributed by atoms with E-state index in [1.54, 1.807) is 9.80 Å². The minimum absolute atomic E-state index is 0.0709. The van der Waals surface area contributed by atoms with Crippen LogP contribution in [0.1, 0.15) is 45.1 Å². The molecule has 9 heteroatoms. The molecule has 148 valence electrons. The molecule has 0 aromatic carbocycles. The van der Waals surface area contributed by atoms with Gasteiger partial charge >= 0.3 is 11.8 Å². The Morgan fingerprint density at radius 3 is 2.63 bits per heavy atom. The third-order valence-corrected chi connectivity index (χ3v) is 5.50. The van der Waals surface area contributed by atoms with E-state index in [2.05, 4.69) is 16.9 Å². The molecule has 1 atom stereocenters. The summed E-state index contributed by atoms with van der Waals surface area (Å²) in [5.41, 5.74) is -1.44. The molecule has 0 aliphatic carbocycles. The summed E-state index contributed by atoms with van der Waals surface area (Å²) in [6, 6.07) is 0.147. The maximum Gasteiger partial charge on any atom is 0.410 e. The van der Waals surface area contributed by atoms with E-state index in [0.717, 1.165) is 12.8 Å². The van der Waals surface area contributed by atoms with Crippen LogP contribution in [-0.4, -0.2) is 63.0 Å². The lowest BCUT2D eigenvalue weighted by Crippen LogP contribution is -2.49. The number of ether oxygens (including phenoxy) is 1. The first-order valence-corrected chi connectivity index (χ1v) is 9.42. The molecular weight excluding hydrogens is 352 g/mol. The van der Waals surface area contributed by atoms with Crippen molar-refractivity contribution < 1.29 is 14.3 Å². The summed E-state index contributed by atoms with van der Waals surface area (Å²) < 4.78 is 5.70. The van der Waals surface area contributed by atoms with Gasteiger partial charge in [0.1, 0.15) is 5.60 Å². The van der Waals surface area contributed by atoms with Crippen molar-refractivity contribution in [2.45, 2.75) is 57.6 Å². The molecule has 2 amide bonds. The van der Waals surface area contributed by atoms with Gasteiger partial charge in [0.15, 0.2) is 0 Å². The van der Waals surface area contributed by atoms with Gasteiger partial charge in [-0.15, -0.1) is 0 Å². The van der Waals surface area contributed by atoms with E-state index in [1.807, 2.05) is 6.92 Å². The highest BCUT2D eigenvalue weighted by atomic mass is 16.6. The van der Waals surface area contributed by atoms with Crippen LogP contribution >= 0.6 is 0 Å². The smallest absolute Gasteiger partial charge is 0.410 e. The Morgan fingerprint density at radius 2 is 2.00 bits per heavy atom. The normalized spacial score (nSPS) is 20.0. The monoisotopic (exact) mass is 378 g/mol. The Bertz CT molecular complexity index is 822. The van der Waals surface area contributed by atoms with Crippen molar-refractivity contribution in [2.24, 2.45) is 0 Å². The van der Waals surface area contributed by atoms with Crippen molar-refractivity contribution in [1.29, 1.82) is 0 Å². The van der Waals surface area contributed by atoms with Crippen LogP contribution in [0.25, 0.3) is 0 Å². The molecule has 2 aliphatic heterocycles. The summed E-state index contributed by atoms with van der Waals surface area (Å²) in [6.45, 7) is 5.64. The third kappa shape index (κ3) is 4.06. The summed E-state index contributed by atoms with van der Waals surface area (Å²) in [4.78, 5) is 55.5. The number of hydrogen-bond donors (Lipinski definition) is 2. The molecule has 0 radical (unpaired) electrons. The highest BCUT2D eigenvalue weighted by Gasteiger charge is 2.48. The number of piperidine rings is 1. The number of carbonyl (C=O) groups is 2. The lowest BCUT2D eigenvalue weighted by atomic mass is 9.90. The standard InChI is InChI=1S/C18H26N4O5/c1-3-4-12(2)22-11-18(27-17(22)26)5-7-21(8-6-18)14(23)9-13-10-19-16(25)20-15(13)24/h10,12H,3-9,11H2,1-2H3,(H2,19,20,24,25). The molecule has 2 saturated heterocycles. The number of likely N-dealkylation sites (tertiary alicyclic amines) is 1. The second kappa shape index (κ2) is 7.58. The van der Waals surface area contributed by atoms with Gasteiger partial charge in [0.25, 0.3) is 5.56 Å². The fourth-order valence-corrected chi connectivity index (χ4v) is 3.83. The van der Waals surface area contributed by atoms with Crippen molar-refractivity contribution in [3.05, 3.63) is 32.6 Å². The Kier molecular flexibility index (Phi) is 5.38. The molecule has 9 nitrogen and oxygen atoms in total. The van der Waals surface area contributed by atoms with E-state index >= 15 is 0 Å². The minimum atomic E-state index is -0.596. The molecule has 0 bridgehead atoms. The summed E-state index contributed by atoms with van der Waals surface area (Å²) in [6.07, 6.45) is 4.04. The first-order chi connectivity index (χ1) is 12.8. The van der Waals surface area contributed by atoms with Crippen LogP contribution in [0, 0.1) is 0 Å². The van der Waals surface area contributed by atoms with Gasteiger partial charge in [0.2, 0.25) is 5.91 Å². The van der Waals surface area contributed by atoms with Crippen LogP contribution in [0.3, 0.4) is 0 Å². The van der Waals surface area contributed by atoms with Crippen molar-refractivity contribution in [2.75, 3.05) is 19.6 Å². The number of aromatic nitrogens is 2. The predicted molar refractivity (Wildman–Crippen MR) is 97.5 cm³/mol. The van der Waals surface area contributed by atoms with E-state index in [0.29, 0.717) is 32.5 Å². The molecule has 2 aliphatic rings. The zero-order chi connectivity index (χ0) is 19.6. The molecular formula is C18H26N4O5. The van der Waals surface area contributed by atoms with Crippen molar-refractivity contribution in [1.82, 2.24) is 19.8 Å². The number of H-pyrrole nitrogens is 2. The average molecular weight is 378 g/mol. The minimum Gasteiger partial charge on any atom is -0.441 e. The van der Waals surface area contributed by atoms with Crippen LogP contribution in [0.2, 0.25) is 0 Å². The summed E-state index contributed by atoms with van der Waals surface area (Å²) in [7, 11) is 0. The van der Waals surface area contributed by atoms with Gasteiger partial charge in [0.05, 0.1) is 13.0 Å². The molecule has 1 aromatic rings. The molecule has 3 heterocycles. The topological polar surface area (TPSA) is 116 Å². The van der Waals surface area contributed by atoms with Gasteiger partial charge < -0.3 is 19.5 Å².